The van der Waals surface area contributed by atoms with Gasteiger partial charge in [0.25, 0.3) is 0 Å². The lowest BCUT2D eigenvalue weighted by Gasteiger charge is -2.22. The first-order chi connectivity index (χ1) is 7.78. The van der Waals surface area contributed by atoms with Gasteiger partial charge in [-0.1, -0.05) is 20.8 Å². The molecule has 0 aromatic carbocycles. The van der Waals surface area contributed by atoms with Crippen molar-refractivity contribution in [3.63, 3.8) is 0 Å². The highest BCUT2D eigenvalue weighted by Gasteiger charge is 2.16. The summed E-state index contributed by atoms with van der Waals surface area (Å²) in [6, 6.07) is 0. The van der Waals surface area contributed by atoms with Crippen molar-refractivity contribution < 1.29 is 5.11 Å². The smallest absolute Gasteiger partial charge is 0.224 e. The number of nitrogens with one attached hydrogen (secondary N) is 1. The van der Waals surface area contributed by atoms with Gasteiger partial charge in [-0.25, -0.2) is 9.97 Å². The quantitative estimate of drug-likeness (QED) is 0.815. The summed E-state index contributed by atoms with van der Waals surface area (Å²) < 4.78 is 0. The second-order valence-corrected chi connectivity index (χ2v) is 5.81. The van der Waals surface area contributed by atoms with Gasteiger partial charge in [-0.3, -0.25) is 0 Å². The topological polar surface area (TPSA) is 58.0 Å². The molecule has 0 aliphatic carbocycles. The Morgan fingerprint density at radius 1 is 1.47 bits per heavy atom. The van der Waals surface area contributed by atoms with Crippen LogP contribution in [0.1, 0.15) is 32.8 Å². The van der Waals surface area contributed by atoms with Gasteiger partial charge in [0.2, 0.25) is 5.28 Å². The molecule has 0 aliphatic rings. The first-order valence-electron chi connectivity index (χ1n) is 5.69. The van der Waals surface area contributed by atoms with Crippen LogP contribution in [-0.2, 0) is 0 Å². The zero-order valence-corrected chi connectivity index (χ0v) is 11.5. The van der Waals surface area contributed by atoms with E-state index in [9.17, 15) is 5.11 Å². The molecule has 4 nitrogen and oxygen atoms in total. The van der Waals surface area contributed by atoms with Gasteiger partial charge in [-0.15, -0.1) is 0 Å². The zero-order valence-electron chi connectivity index (χ0n) is 10.8. The molecular formula is C12H20ClN3O. The zero-order chi connectivity index (χ0) is 13.1. The van der Waals surface area contributed by atoms with Crippen LogP contribution in [0.4, 0.5) is 5.82 Å². The Balaban J connectivity index is 2.53. The van der Waals surface area contributed by atoms with Crippen molar-refractivity contribution in [1.29, 1.82) is 0 Å². The Hall–Kier alpha value is -0.870. The largest absolute Gasteiger partial charge is 0.391 e. The molecule has 1 unspecified atom stereocenters. The van der Waals surface area contributed by atoms with Crippen molar-refractivity contribution in [3.8, 4) is 0 Å². The third-order valence-electron chi connectivity index (χ3n) is 2.30. The van der Waals surface area contributed by atoms with Crippen molar-refractivity contribution in [1.82, 2.24) is 9.97 Å². The van der Waals surface area contributed by atoms with E-state index >= 15 is 0 Å². The van der Waals surface area contributed by atoms with Gasteiger partial charge in [0.15, 0.2) is 0 Å². The van der Waals surface area contributed by atoms with Crippen LogP contribution in [0, 0.1) is 12.3 Å². The summed E-state index contributed by atoms with van der Waals surface area (Å²) in [6.45, 7) is 8.66. The molecule has 0 saturated carbocycles. The van der Waals surface area contributed by atoms with E-state index in [1.165, 1.54) is 0 Å². The van der Waals surface area contributed by atoms with Gasteiger partial charge < -0.3 is 10.4 Å². The number of anilines is 1. The minimum absolute atomic E-state index is 0.111. The lowest BCUT2D eigenvalue weighted by Crippen LogP contribution is -2.25. The van der Waals surface area contributed by atoms with E-state index in [4.69, 9.17) is 11.6 Å². The lowest BCUT2D eigenvalue weighted by molar-refractivity contribution is 0.132. The molecule has 1 aromatic heterocycles. The number of rotatable bonds is 4. The molecule has 96 valence electrons. The van der Waals surface area contributed by atoms with Crippen LogP contribution in [0.15, 0.2) is 6.20 Å². The Kier molecular flexibility index (Phi) is 4.71. The predicted octanol–water partition coefficient (Wildman–Crippen LogP) is 2.65. The number of aryl methyl sites for hydroxylation is 1. The number of aromatic nitrogens is 2. The molecule has 1 heterocycles. The van der Waals surface area contributed by atoms with E-state index in [0.717, 1.165) is 12.0 Å². The normalized spacial score (nSPS) is 13.5. The van der Waals surface area contributed by atoms with Gasteiger partial charge >= 0.3 is 0 Å². The molecule has 2 N–H and O–H groups in total. The molecule has 0 radical (unpaired) electrons. The molecule has 0 saturated heterocycles. The van der Waals surface area contributed by atoms with Gasteiger partial charge in [-0.2, -0.15) is 0 Å². The number of hydrogen-bond donors (Lipinski definition) is 2. The molecule has 1 rings (SSSR count). The SMILES string of the molecule is Cc1cnc(Cl)nc1NCC(O)CC(C)(C)C. The molecule has 17 heavy (non-hydrogen) atoms. The fraction of sp³-hybridized carbons (Fsp3) is 0.667. The Morgan fingerprint density at radius 2 is 2.12 bits per heavy atom. The number of aliphatic hydroxyl groups is 1. The summed E-state index contributed by atoms with van der Waals surface area (Å²) in [5, 5.41) is 13.2. The second kappa shape index (κ2) is 5.65. The minimum Gasteiger partial charge on any atom is -0.391 e. The second-order valence-electron chi connectivity index (χ2n) is 5.47. The summed E-state index contributed by atoms with van der Waals surface area (Å²) in [7, 11) is 0. The van der Waals surface area contributed by atoms with Crippen LogP contribution in [0.3, 0.4) is 0 Å². The first kappa shape index (κ1) is 14.2. The van der Waals surface area contributed by atoms with E-state index in [1.54, 1.807) is 6.20 Å². The maximum atomic E-state index is 9.87. The van der Waals surface area contributed by atoms with Crippen LogP contribution in [0.2, 0.25) is 5.28 Å². The van der Waals surface area contributed by atoms with E-state index in [-0.39, 0.29) is 10.7 Å². The van der Waals surface area contributed by atoms with E-state index in [2.05, 4.69) is 36.1 Å². The van der Waals surface area contributed by atoms with Crippen molar-refractivity contribution in [3.05, 3.63) is 17.0 Å². The molecule has 1 aromatic rings. The van der Waals surface area contributed by atoms with Crippen molar-refractivity contribution >= 4 is 17.4 Å². The highest BCUT2D eigenvalue weighted by atomic mass is 35.5. The third kappa shape index (κ3) is 5.33. The van der Waals surface area contributed by atoms with Gasteiger partial charge in [-0.05, 0) is 30.4 Å². The molecule has 0 amide bonds. The fourth-order valence-corrected chi connectivity index (χ4v) is 1.73. The summed E-state index contributed by atoms with van der Waals surface area (Å²) in [4.78, 5) is 7.95. The van der Waals surface area contributed by atoms with Crippen LogP contribution < -0.4 is 5.32 Å². The fourth-order valence-electron chi connectivity index (χ4n) is 1.59. The molecule has 1 atom stereocenters. The maximum Gasteiger partial charge on any atom is 0.224 e. The van der Waals surface area contributed by atoms with Crippen molar-refractivity contribution in [2.75, 3.05) is 11.9 Å². The van der Waals surface area contributed by atoms with Gasteiger partial charge in [0, 0.05) is 18.3 Å². The molecule has 0 fully saturated rings. The number of hydrogen-bond acceptors (Lipinski definition) is 4. The lowest BCUT2D eigenvalue weighted by atomic mass is 9.89. The highest BCUT2D eigenvalue weighted by Crippen LogP contribution is 2.21. The van der Waals surface area contributed by atoms with E-state index < -0.39 is 6.10 Å². The number of halogens is 1. The monoisotopic (exact) mass is 257 g/mol. The third-order valence-corrected chi connectivity index (χ3v) is 2.48. The van der Waals surface area contributed by atoms with E-state index in [0.29, 0.717) is 12.4 Å². The Morgan fingerprint density at radius 3 is 2.71 bits per heavy atom. The van der Waals surface area contributed by atoms with Gasteiger partial charge in [0.1, 0.15) is 5.82 Å². The summed E-state index contributed by atoms with van der Waals surface area (Å²) in [5.41, 5.74) is 1.02. The predicted molar refractivity (Wildman–Crippen MR) is 70.3 cm³/mol. The summed E-state index contributed by atoms with van der Waals surface area (Å²) in [6.07, 6.45) is 1.99. The summed E-state index contributed by atoms with van der Waals surface area (Å²) >= 11 is 5.71. The number of aliphatic hydroxyl groups excluding tert-OH is 1. The highest BCUT2D eigenvalue weighted by molar-refractivity contribution is 6.28. The van der Waals surface area contributed by atoms with Crippen LogP contribution >= 0.6 is 11.6 Å². The molecular weight excluding hydrogens is 238 g/mol. The van der Waals surface area contributed by atoms with Crippen molar-refractivity contribution in [2.45, 2.75) is 40.2 Å². The van der Waals surface area contributed by atoms with Crippen LogP contribution in [-0.4, -0.2) is 27.7 Å². The molecule has 0 bridgehead atoms. The van der Waals surface area contributed by atoms with Crippen LogP contribution in [0.25, 0.3) is 0 Å². The van der Waals surface area contributed by atoms with Crippen molar-refractivity contribution in [2.24, 2.45) is 5.41 Å². The Bertz CT molecular complexity index is 377. The standard InChI is InChI=1S/C12H20ClN3O/c1-8-6-15-11(13)16-10(8)14-7-9(17)5-12(2,3)4/h6,9,17H,5,7H2,1-4H3,(H,14,15,16). The molecule has 0 aliphatic heterocycles. The molecule has 0 spiro atoms. The molecule has 5 heteroatoms. The number of nitrogens with zero attached hydrogens (tertiary/aromatic N) is 2. The minimum atomic E-state index is -0.400. The average Bonchev–Trinajstić information content (AvgIpc) is 2.17. The van der Waals surface area contributed by atoms with Gasteiger partial charge in [0.05, 0.1) is 6.10 Å². The van der Waals surface area contributed by atoms with E-state index in [1.807, 2.05) is 6.92 Å². The average molecular weight is 258 g/mol. The first-order valence-corrected chi connectivity index (χ1v) is 6.07. The maximum absolute atomic E-state index is 9.87. The summed E-state index contributed by atoms with van der Waals surface area (Å²) in [5.74, 6) is 0.679. The Labute approximate surface area is 107 Å². The van der Waals surface area contributed by atoms with Crippen LogP contribution in [0.5, 0.6) is 0 Å².